The molecule has 2 N–H and O–H groups in total. The minimum atomic E-state index is -0.138. The summed E-state index contributed by atoms with van der Waals surface area (Å²) in [5.74, 6) is 0.481. The number of aromatic nitrogens is 1. The quantitative estimate of drug-likeness (QED) is 0.847. The van der Waals surface area contributed by atoms with E-state index in [2.05, 4.69) is 22.5 Å². The maximum Gasteiger partial charge on any atom is 0.253 e. The van der Waals surface area contributed by atoms with Crippen molar-refractivity contribution in [2.45, 2.75) is 38.3 Å². The van der Waals surface area contributed by atoms with Gasteiger partial charge in [0.2, 0.25) is 0 Å². The van der Waals surface area contributed by atoms with E-state index >= 15 is 0 Å². The molecule has 0 bridgehead atoms. The number of carbonyl (C=O) groups excluding carboxylic acids is 1. The largest absolute Gasteiger partial charge is 0.381 e. The minimum Gasteiger partial charge on any atom is -0.381 e. The van der Waals surface area contributed by atoms with Crippen LogP contribution < -0.4 is 10.6 Å². The topological polar surface area (TPSA) is 63.2 Å². The molecule has 1 amide bonds. The van der Waals surface area contributed by atoms with Gasteiger partial charge in [-0.1, -0.05) is 18.5 Å². The zero-order valence-electron chi connectivity index (χ0n) is 11.8. The molecular formula is C14H20ClN3O2. The van der Waals surface area contributed by atoms with E-state index in [1.165, 1.54) is 0 Å². The van der Waals surface area contributed by atoms with Crippen LogP contribution in [0.4, 0.5) is 5.82 Å². The molecule has 5 nitrogen and oxygen atoms in total. The Balaban J connectivity index is 1.92. The normalized spacial score (nSPS) is 21.1. The first kappa shape index (κ1) is 15.1. The molecule has 1 aliphatic rings. The number of nitrogens with one attached hydrogen (secondary N) is 2. The number of amides is 1. The first-order chi connectivity index (χ1) is 9.63. The summed E-state index contributed by atoms with van der Waals surface area (Å²) in [6.07, 6.45) is 4.52. The Labute approximate surface area is 124 Å². The standard InChI is InChI=1S/C14H20ClN3O2/c1-3-4-16-13-12(15)5-9(8-17-13)14(19)18-10-6-11(7-10)20-2/h5,8,10-11H,3-4,6-7H2,1-2H3,(H,16,17)(H,18,19). The van der Waals surface area contributed by atoms with E-state index in [0.29, 0.717) is 16.4 Å². The fraction of sp³-hybridized carbons (Fsp3) is 0.571. The SMILES string of the molecule is CCCNc1ncc(C(=O)NC2CC(OC)C2)cc1Cl. The van der Waals surface area contributed by atoms with Crippen LogP contribution in [0.5, 0.6) is 0 Å². The van der Waals surface area contributed by atoms with Crippen LogP contribution >= 0.6 is 11.6 Å². The van der Waals surface area contributed by atoms with Gasteiger partial charge in [-0.05, 0) is 25.3 Å². The molecule has 0 aliphatic heterocycles. The number of hydrogen-bond acceptors (Lipinski definition) is 4. The summed E-state index contributed by atoms with van der Waals surface area (Å²) in [4.78, 5) is 16.2. The molecule has 1 heterocycles. The van der Waals surface area contributed by atoms with E-state index in [-0.39, 0.29) is 18.1 Å². The van der Waals surface area contributed by atoms with Crippen molar-refractivity contribution in [3.63, 3.8) is 0 Å². The van der Waals surface area contributed by atoms with Gasteiger partial charge >= 0.3 is 0 Å². The Kier molecular flexibility index (Phi) is 5.20. The third kappa shape index (κ3) is 3.61. The van der Waals surface area contributed by atoms with E-state index in [0.717, 1.165) is 25.8 Å². The van der Waals surface area contributed by atoms with E-state index in [1.807, 2.05) is 0 Å². The molecule has 0 radical (unpaired) electrons. The van der Waals surface area contributed by atoms with Crippen molar-refractivity contribution in [1.29, 1.82) is 0 Å². The average molecular weight is 298 g/mol. The second-order valence-corrected chi connectivity index (χ2v) is 5.39. The Morgan fingerprint density at radius 1 is 1.55 bits per heavy atom. The van der Waals surface area contributed by atoms with Crippen LogP contribution in [0.15, 0.2) is 12.3 Å². The van der Waals surface area contributed by atoms with Crippen LogP contribution in [-0.4, -0.2) is 36.7 Å². The van der Waals surface area contributed by atoms with Gasteiger partial charge in [-0.15, -0.1) is 0 Å². The van der Waals surface area contributed by atoms with Crippen LogP contribution in [0.25, 0.3) is 0 Å². The van der Waals surface area contributed by atoms with Crippen molar-refractivity contribution in [2.75, 3.05) is 19.0 Å². The molecule has 2 rings (SSSR count). The maximum absolute atomic E-state index is 12.0. The maximum atomic E-state index is 12.0. The van der Waals surface area contributed by atoms with Gasteiger partial charge in [0.05, 0.1) is 16.7 Å². The van der Waals surface area contributed by atoms with E-state index in [1.54, 1.807) is 19.4 Å². The summed E-state index contributed by atoms with van der Waals surface area (Å²) in [6, 6.07) is 1.83. The molecule has 1 saturated carbocycles. The van der Waals surface area contributed by atoms with Crippen molar-refractivity contribution < 1.29 is 9.53 Å². The molecule has 110 valence electrons. The molecule has 0 spiro atoms. The highest BCUT2D eigenvalue weighted by Crippen LogP contribution is 2.24. The zero-order chi connectivity index (χ0) is 14.5. The van der Waals surface area contributed by atoms with Gasteiger partial charge < -0.3 is 15.4 Å². The highest BCUT2D eigenvalue weighted by Gasteiger charge is 2.30. The summed E-state index contributed by atoms with van der Waals surface area (Å²) in [7, 11) is 1.69. The lowest BCUT2D eigenvalue weighted by molar-refractivity contribution is 0.0176. The third-order valence-electron chi connectivity index (χ3n) is 3.41. The summed E-state index contributed by atoms with van der Waals surface area (Å²) in [6.45, 7) is 2.87. The highest BCUT2D eigenvalue weighted by atomic mass is 35.5. The fourth-order valence-electron chi connectivity index (χ4n) is 2.08. The Morgan fingerprint density at radius 2 is 2.30 bits per heavy atom. The number of ether oxygens (including phenoxy) is 1. The molecule has 0 aromatic carbocycles. The van der Waals surface area contributed by atoms with Gasteiger partial charge in [0.1, 0.15) is 5.82 Å². The molecule has 1 fully saturated rings. The number of pyridine rings is 1. The average Bonchev–Trinajstić information content (AvgIpc) is 2.40. The first-order valence-corrected chi connectivity index (χ1v) is 7.25. The van der Waals surface area contributed by atoms with Crippen LogP contribution in [0.2, 0.25) is 5.02 Å². The van der Waals surface area contributed by atoms with E-state index in [9.17, 15) is 4.79 Å². The number of rotatable bonds is 6. The molecule has 1 aliphatic carbocycles. The number of halogens is 1. The van der Waals surface area contributed by atoms with Crippen LogP contribution in [0.3, 0.4) is 0 Å². The van der Waals surface area contributed by atoms with Crippen molar-refractivity contribution in [3.8, 4) is 0 Å². The fourth-order valence-corrected chi connectivity index (χ4v) is 2.31. The second kappa shape index (κ2) is 6.90. The molecule has 0 atom stereocenters. The lowest BCUT2D eigenvalue weighted by Crippen LogP contribution is -2.47. The Morgan fingerprint density at radius 3 is 2.90 bits per heavy atom. The molecule has 0 saturated heterocycles. The lowest BCUT2D eigenvalue weighted by Gasteiger charge is -2.34. The predicted molar refractivity (Wildman–Crippen MR) is 79.3 cm³/mol. The van der Waals surface area contributed by atoms with Gasteiger partial charge in [0.25, 0.3) is 5.91 Å². The smallest absolute Gasteiger partial charge is 0.253 e. The lowest BCUT2D eigenvalue weighted by atomic mass is 9.89. The van der Waals surface area contributed by atoms with Crippen molar-refractivity contribution in [3.05, 3.63) is 22.8 Å². The van der Waals surface area contributed by atoms with Gasteiger partial charge in [-0.3, -0.25) is 4.79 Å². The summed E-state index contributed by atoms with van der Waals surface area (Å²) in [5, 5.41) is 6.53. The van der Waals surface area contributed by atoms with Crippen molar-refractivity contribution in [1.82, 2.24) is 10.3 Å². The number of methoxy groups -OCH3 is 1. The third-order valence-corrected chi connectivity index (χ3v) is 3.70. The Hall–Kier alpha value is -1.33. The summed E-state index contributed by atoms with van der Waals surface area (Å²) >= 11 is 6.11. The number of carbonyl (C=O) groups is 1. The predicted octanol–water partition coefficient (Wildman–Crippen LogP) is 2.46. The van der Waals surface area contributed by atoms with Crippen molar-refractivity contribution >= 4 is 23.3 Å². The van der Waals surface area contributed by atoms with Gasteiger partial charge in [-0.2, -0.15) is 0 Å². The summed E-state index contributed by atoms with van der Waals surface area (Å²) in [5.41, 5.74) is 0.484. The second-order valence-electron chi connectivity index (χ2n) is 4.98. The molecule has 6 heteroatoms. The molecule has 1 aromatic heterocycles. The van der Waals surface area contributed by atoms with E-state index in [4.69, 9.17) is 16.3 Å². The summed E-state index contributed by atoms with van der Waals surface area (Å²) < 4.78 is 5.18. The molecule has 1 aromatic rings. The number of hydrogen-bond donors (Lipinski definition) is 2. The van der Waals surface area contributed by atoms with Gasteiger partial charge in [0.15, 0.2) is 0 Å². The van der Waals surface area contributed by atoms with E-state index < -0.39 is 0 Å². The van der Waals surface area contributed by atoms with Crippen LogP contribution in [-0.2, 0) is 4.74 Å². The van der Waals surface area contributed by atoms with Crippen LogP contribution in [0, 0.1) is 0 Å². The highest BCUT2D eigenvalue weighted by molar-refractivity contribution is 6.33. The monoisotopic (exact) mass is 297 g/mol. The number of anilines is 1. The Bertz CT molecular complexity index is 475. The molecule has 0 unspecified atom stereocenters. The van der Waals surface area contributed by atoms with Gasteiger partial charge in [0, 0.05) is 25.9 Å². The zero-order valence-corrected chi connectivity index (χ0v) is 12.5. The van der Waals surface area contributed by atoms with Gasteiger partial charge in [-0.25, -0.2) is 4.98 Å². The van der Waals surface area contributed by atoms with Crippen molar-refractivity contribution in [2.24, 2.45) is 0 Å². The molecular weight excluding hydrogens is 278 g/mol. The molecule has 20 heavy (non-hydrogen) atoms. The number of nitrogens with zero attached hydrogens (tertiary/aromatic N) is 1. The minimum absolute atomic E-state index is 0.138. The van der Waals surface area contributed by atoms with Crippen LogP contribution in [0.1, 0.15) is 36.5 Å². The first-order valence-electron chi connectivity index (χ1n) is 6.87.